The van der Waals surface area contributed by atoms with E-state index in [1.165, 1.54) is 5.57 Å². The molecule has 0 aromatic carbocycles. The van der Waals surface area contributed by atoms with Gasteiger partial charge in [0.2, 0.25) is 0 Å². The second-order valence-electron chi connectivity index (χ2n) is 5.55. The fourth-order valence-electron chi connectivity index (χ4n) is 1.92. The van der Waals surface area contributed by atoms with Crippen LogP contribution in [0.3, 0.4) is 0 Å². The predicted octanol–water partition coefficient (Wildman–Crippen LogP) is 1.85. The number of carboxylic acid groups (broad SMARTS) is 1. The highest BCUT2D eigenvalue weighted by atomic mass is 16.4. The molecule has 18 heavy (non-hydrogen) atoms. The van der Waals surface area contributed by atoms with Gasteiger partial charge >= 0.3 is 12.0 Å². The quantitative estimate of drug-likeness (QED) is 0.755. The number of hydrogen-bond donors (Lipinski definition) is 2. The van der Waals surface area contributed by atoms with E-state index in [4.69, 9.17) is 5.11 Å². The number of urea groups is 1. The molecule has 0 unspecified atom stereocenters. The van der Waals surface area contributed by atoms with Crippen LogP contribution in [-0.4, -0.2) is 41.6 Å². The molecule has 0 saturated carbocycles. The molecule has 0 bridgehead atoms. The van der Waals surface area contributed by atoms with Gasteiger partial charge in [-0.15, -0.1) is 0 Å². The first-order valence-corrected chi connectivity index (χ1v) is 6.25. The topological polar surface area (TPSA) is 69.6 Å². The maximum absolute atomic E-state index is 11.7. The smallest absolute Gasteiger partial charge is 0.317 e. The third kappa shape index (κ3) is 4.39. The van der Waals surface area contributed by atoms with Crippen LogP contribution < -0.4 is 5.32 Å². The molecule has 5 nitrogen and oxygen atoms in total. The van der Waals surface area contributed by atoms with Gasteiger partial charge in [-0.3, -0.25) is 4.79 Å². The van der Waals surface area contributed by atoms with E-state index in [2.05, 4.69) is 32.2 Å². The summed E-state index contributed by atoms with van der Waals surface area (Å²) in [4.78, 5) is 23.8. The number of amides is 2. The Bertz CT molecular complexity index is 356. The lowest BCUT2D eigenvalue weighted by Gasteiger charge is -2.32. The summed E-state index contributed by atoms with van der Waals surface area (Å²) in [6, 6.07) is -0.180. The van der Waals surface area contributed by atoms with Crippen LogP contribution >= 0.6 is 0 Å². The fourth-order valence-corrected chi connectivity index (χ4v) is 1.92. The second kappa shape index (κ2) is 5.89. The van der Waals surface area contributed by atoms with Crippen LogP contribution in [-0.2, 0) is 4.79 Å². The average Bonchev–Trinajstić information content (AvgIpc) is 2.27. The third-order valence-corrected chi connectivity index (χ3v) is 3.07. The van der Waals surface area contributed by atoms with E-state index in [0.29, 0.717) is 13.1 Å². The van der Waals surface area contributed by atoms with E-state index in [9.17, 15) is 9.59 Å². The maximum Gasteiger partial charge on any atom is 0.317 e. The van der Waals surface area contributed by atoms with Crippen LogP contribution in [0.5, 0.6) is 0 Å². The molecule has 0 aromatic heterocycles. The summed E-state index contributed by atoms with van der Waals surface area (Å²) >= 11 is 0. The van der Waals surface area contributed by atoms with Crippen LogP contribution in [0.25, 0.3) is 0 Å². The van der Waals surface area contributed by atoms with E-state index in [1.54, 1.807) is 4.90 Å². The first-order valence-electron chi connectivity index (χ1n) is 6.25. The van der Waals surface area contributed by atoms with Gasteiger partial charge in [0.15, 0.2) is 0 Å². The van der Waals surface area contributed by atoms with Crippen molar-refractivity contribution in [1.29, 1.82) is 0 Å². The van der Waals surface area contributed by atoms with Crippen molar-refractivity contribution in [2.24, 2.45) is 5.41 Å². The Labute approximate surface area is 108 Å². The summed E-state index contributed by atoms with van der Waals surface area (Å²) in [6.45, 7) is 7.98. The molecule has 1 aliphatic heterocycles. The van der Waals surface area contributed by atoms with Crippen LogP contribution in [0.4, 0.5) is 4.79 Å². The SMILES string of the molecule is CC(C)(C)C1=CCN(C(=O)NCCC(=O)O)CC1. The molecule has 1 rings (SSSR count). The van der Waals surface area contributed by atoms with E-state index in [1.807, 2.05) is 0 Å². The Morgan fingerprint density at radius 3 is 2.56 bits per heavy atom. The van der Waals surface area contributed by atoms with E-state index >= 15 is 0 Å². The van der Waals surface area contributed by atoms with Crippen molar-refractivity contribution >= 4 is 12.0 Å². The number of carboxylic acids is 1. The number of nitrogens with one attached hydrogen (secondary N) is 1. The number of aliphatic carboxylic acids is 1. The van der Waals surface area contributed by atoms with Gasteiger partial charge in [0, 0.05) is 19.6 Å². The molecule has 2 amide bonds. The zero-order chi connectivity index (χ0) is 13.8. The molecule has 0 atom stereocenters. The van der Waals surface area contributed by atoms with Crippen LogP contribution in [0.2, 0.25) is 0 Å². The maximum atomic E-state index is 11.7. The minimum Gasteiger partial charge on any atom is -0.481 e. The molecule has 0 radical (unpaired) electrons. The van der Waals surface area contributed by atoms with Crippen molar-refractivity contribution in [2.45, 2.75) is 33.6 Å². The minimum atomic E-state index is -0.899. The first-order chi connectivity index (χ1) is 8.30. The molecule has 102 valence electrons. The zero-order valence-electron chi connectivity index (χ0n) is 11.3. The Kier molecular flexibility index (Phi) is 4.76. The summed E-state index contributed by atoms with van der Waals surface area (Å²) in [5, 5.41) is 11.1. The van der Waals surface area contributed by atoms with Gasteiger partial charge in [-0.2, -0.15) is 0 Å². The van der Waals surface area contributed by atoms with Crippen molar-refractivity contribution < 1.29 is 14.7 Å². The molecular formula is C13H22N2O3. The number of hydrogen-bond acceptors (Lipinski definition) is 2. The molecule has 0 fully saturated rings. The van der Waals surface area contributed by atoms with E-state index < -0.39 is 5.97 Å². The van der Waals surface area contributed by atoms with Gasteiger partial charge in [0.05, 0.1) is 6.42 Å². The fraction of sp³-hybridized carbons (Fsp3) is 0.692. The van der Waals surface area contributed by atoms with Crippen molar-refractivity contribution in [3.63, 3.8) is 0 Å². The van der Waals surface area contributed by atoms with E-state index in [0.717, 1.165) is 6.42 Å². The summed E-state index contributed by atoms with van der Waals surface area (Å²) in [7, 11) is 0. The van der Waals surface area contributed by atoms with Crippen molar-refractivity contribution in [3.8, 4) is 0 Å². The number of rotatable bonds is 3. The van der Waals surface area contributed by atoms with Crippen molar-refractivity contribution in [3.05, 3.63) is 11.6 Å². The summed E-state index contributed by atoms with van der Waals surface area (Å²) in [5.74, 6) is -0.899. The van der Waals surface area contributed by atoms with Crippen LogP contribution in [0.15, 0.2) is 11.6 Å². The Morgan fingerprint density at radius 1 is 1.44 bits per heavy atom. The van der Waals surface area contributed by atoms with Crippen LogP contribution in [0, 0.1) is 5.41 Å². The highest BCUT2D eigenvalue weighted by molar-refractivity contribution is 5.75. The standard InChI is InChI=1S/C13H22N2O3/c1-13(2,3)10-5-8-15(9-6-10)12(18)14-7-4-11(16)17/h5H,4,6-9H2,1-3H3,(H,14,18)(H,16,17). The Balaban J connectivity index is 2.40. The van der Waals surface area contributed by atoms with Gasteiger partial charge in [-0.05, 0) is 11.8 Å². The van der Waals surface area contributed by atoms with Gasteiger partial charge < -0.3 is 15.3 Å². The van der Waals surface area contributed by atoms with Crippen molar-refractivity contribution in [1.82, 2.24) is 10.2 Å². The third-order valence-electron chi connectivity index (χ3n) is 3.07. The van der Waals surface area contributed by atoms with Gasteiger partial charge in [0.1, 0.15) is 0 Å². The summed E-state index contributed by atoms with van der Waals surface area (Å²) < 4.78 is 0. The van der Waals surface area contributed by atoms with E-state index in [-0.39, 0.29) is 24.4 Å². The molecule has 0 saturated heterocycles. The number of carbonyl (C=O) groups excluding carboxylic acids is 1. The average molecular weight is 254 g/mol. The Morgan fingerprint density at radius 2 is 2.11 bits per heavy atom. The summed E-state index contributed by atoms with van der Waals surface area (Å²) in [6.07, 6.45) is 2.94. The van der Waals surface area contributed by atoms with Crippen molar-refractivity contribution in [2.75, 3.05) is 19.6 Å². The first kappa shape index (κ1) is 14.5. The molecule has 2 N–H and O–H groups in total. The lowest BCUT2D eigenvalue weighted by Crippen LogP contribution is -2.43. The second-order valence-corrected chi connectivity index (χ2v) is 5.55. The Hall–Kier alpha value is -1.52. The predicted molar refractivity (Wildman–Crippen MR) is 69.4 cm³/mol. The highest BCUT2D eigenvalue weighted by Gasteiger charge is 2.23. The largest absolute Gasteiger partial charge is 0.481 e. The minimum absolute atomic E-state index is 0.0390. The molecule has 5 heteroatoms. The molecule has 0 spiro atoms. The highest BCUT2D eigenvalue weighted by Crippen LogP contribution is 2.29. The lowest BCUT2D eigenvalue weighted by molar-refractivity contribution is -0.136. The molecule has 1 aliphatic rings. The number of nitrogens with zero attached hydrogens (tertiary/aromatic N) is 1. The van der Waals surface area contributed by atoms with Gasteiger partial charge in [-0.25, -0.2) is 4.79 Å². The van der Waals surface area contributed by atoms with Gasteiger partial charge in [0.25, 0.3) is 0 Å². The molecular weight excluding hydrogens is 232 g/mol. The molecule has 1 heterocycles. The lowest BCUT2D eigenvalue weighted by atomic mass is 9.83. The van der Waals surface area contributed by atoms with Gasteiger partial charge in [-0.1, -0.05) is 32.4 Å². The molecule has 0 aromatic rings. The zero-order valence-corrected chi connectivity index (χ0v) is 11.3. The normalized spacial score (nSPS) is 16.2. The summed E-state index contributed by atoms with van der Waals surface area (Å²) in [5.41, 5.74) is 1.53. The molecule has 0 aliphatic carbocycles. The van der Waals surface area contributed by atoms with Crippen LogP contribution in [0.1, 0.15) is 33.6 Å². The number of carbonyl (C=O) groups is 2. The monoisotopic (exact) mass is 254 g/mol.